The predicted octanol–water partition coefficient (Wildman–Crippen LogP) is 3.59. The van der Waals surface area contributed by atoms with Gasteiger partial charge in [-0.2, -0.15) is 8.62 Å². The molecule has 0 spiro atoms. The standard InChI is InChI=1S/C24H40N3O16P3S2/c1-16-12-27(22(29)26-21(16)28)20-11-18(19(41-20)13-39-45(34,35)43-46(36,37)42-44(31,32)33)38-15-47-48-24(2,3)14-25-23(30)40-17-9-7-5-4-6-8-10-17/h4-5,12,17-20H,6-11,13-15H2,1-3H3,(H,25,30)(H,34,35)(H,36,37)(H,26,28,29)(H2,31,32,33)/b5-4+/t17?,18-,19-,20-/m1/s1. The summed E-state index contributed by atoms with van der Waals surface area (Å²) in [6, 6.07) is 0. The second-order valence-corrected chi connectivity index (χ2v) is 18.7. The lowest BCUT2D eigenvalue weighted by atomic mass is 10.0. The number of H-pyrrole nitrogens is 1. The van der Waals surface area contributed by atoms with E-state index in [0.717, 1.165) is 36.7 Å². The number of hydrogen-bond acceptors (Lipinski definition) is 14. The molecule has 0 saturated carbocycles. The number of phosphoric acid groups is 3. The minimum atomic E-state index is -5.75. The Morgan fingerprint density at radius 1 is 1.10 bits per heavy atom. The Morgan fingerprint density at radius 3 is 2.52 bits per heavy atom. The van der Waals surface area contributed by atoms with Gasteiger partial charge in [-0.3, -0.25) is 18.9 Å². The van der Waals surface area contributed by atoms with E-state index < -0.39 is 70.6 Å². The van der Waals surface area contributed by atoms with Crippen molar-refractivity contribution in [1.82, 2.24) is 14.9 Å². The van der Waals surface area contributed by atoms with Gasteiger partial charge in [-0.25, -0.2) is 23.3 Å². The number of carbonyl (C=O) groups excluding carboxylic acids is 1. The molecule has 1 fully saturated rings. The number of aryl methyl sites for hydroxylation is 1. The van der Waals surface area contributed by atoms with Gasteiger partial charge in [-0.1, -0.05) is 33.7 Å². The molecule has 19 nitrogen and oxygen atoms in total. The molecule has 1 aliphatic carbocycles. The van der Waals surface area contributed by atoms with Gasteiger partial charge in [0, 0.05) is 29.5 Å². The molecule has 2 heterocycles. The van der Waals surface area contributed by atoms with Crippen LogP contribution in [0, 0.1) is 6.92 Å². The molecule has 3 unspecified atom stereocenters. The van der Waals surface area contributed by atoms with Crippen LogP contribution < -0.4 is 16.6 Å². The van der Waals surface area contributed by atoms with E-state index in [0.29, 0.717) is 0 Å². The molecule has 0 radical (unpaired) electrons. The average molecular weight is 784 g/mol. The van der Waals surface area contributed by atoms with Crippen molar-refractivity contribution in [1.29, 1.82) is 0 Å². The van der Waals surface area contributed by atoms with Gasteiger partial charge in [-0.15, -0.1) is 0 Å². The van der Waals surface area contributed by atoms with Crippen LogP contribution in [0.2, 0.25) is 0 Å². The van der Waals surface area contributed by atoms with Gasteiger partial charge in [0.1, 0.15) is 24.4 Å². The highest BCUT2D eigenvalue weighted by molar-refractivity contribution is 8.77. The van der Waals surface area contributed by atoms with Gasteiger partial charge < -0.3 is 39.1 Å². The van der Waals surface area contributed by atoms with Crippen LogP contribution in [0.1, 0.15) is 64.2 Å². The number of rotatable bonds is 16. The maximum Gasteiger partial charge on any atom is 0.490 e. The molecule has 1 saturated heterocycles. The highest BCUT2D eigenvalue weighted by Gasteiger charge is 2.43. The van der Waals surface area contributed by atoms with Gasteiger partial charge in [0.05, 0.1) is 12.7 Å². The molecule has 1 aliphatic heterocycles. The molecule has 24 heteroatoms. The first-order valence-electron chi connectivity index (χ1n) is 14.5. The molecule has 1 aromatic heterocycles. The van der Waals surface area contributed by atoms with E-state index in [2.05, 4.69) is 31.1 Å². The number of ether oxygens (including phenoxy) is 3. The third-order valence-electron chi connectivity index (χ3n) is 6.72. The molecule has 48 heavy (non-hydrogen) atoms. The van der Waals surface area contributed by atoms with Crippen molar-refractivity contribution in [2.24, 2.45) is 0 Å². The molecule has 6 N–H and O–H groups in total. The van der Waals surface area contributed by atoms with Crippen molar-refractivity contribution in [2.75, 3.05) is 19.1 Å². The molecular weight excluding hydrogens is 743 g/mol. The topological polar surface area (TPSA) is 271 Å². The summed E-state index contributed by atoms with van der Waals surface area (Å²) < 4.78 is 65.0. The Morgan fingerprint density at radius 2 is 1.81 bits per heavy atom. The molecule has 3 rings (SSSR count). The first-order valence-corrected chi connectivity index (χ1v) is 21.4. The third kappa shape index (κ3) is 14.5. The minimum Gasteiger partial charge on any atom is -0.446 e. The number of hydrogen-bond donors (Lipinski definition) is 6. The molecular formula is C24H40N3O16P3S2. The fraction of sp³-hybridized carbons (Fsp3) is 0.708. The number of carbonyl (C=O) groups is 1. The van der Waals surface area contributed by atoms with E-state index >= 15 is 0 Å². The number of nitrogens with one attached hydrogen (secondary N) is 2. The normalized spacial score (nSPS) is 25.3. The fourth-order valence-corrected chi connectivity index (χ4v) is 9.72. The van der Waals surface area contributed by atoms with Crippen molar-refractivity contribution < 1.29 is 65.4 Å². The third-order valence-corrected chi connectivity index (χ3v) is 13.5. The molecule has 0 bridgehead atoms. The fourth-order valence-electron chi connectivity index (χ4n) is 4.52. The Bertz CT molecular complexity index is 1550. The van der Waals surface area contributed by atoms with Crippen LogP contribution >= 0.6 is 45.1 Å². The SMILES string of the molecule is Cc1cn([C@H]2C[C@@H](OCSSC(C)(C)CNC(=O)OC3CC/C=C/CCC3)[C@@H](COP(=O)(O)OP(=O)(O)OP(=O)(O)O)O2)c(=O)[nH]c1=O. The highest BCUT2D eigenvalue weighted by atomic mass is 33.1. The molecule has 0 aromatic carbocycles. The largest absolute Gasteiger partial charge is 0.490 e. The predicted molar refractivity (Wildman–Crippen MR) is 174 cm³/mol. The van der Waals surface area contributed by atoms with Gasteiger partial charge in [-0.05, 0) is 52.9 Å². The maximum atomic E-state index is 12.5. The summed E-state index contributed by atoms with van der Waals surface area (Å²) in [5.41, 5.74) is -1.21. The maximum absolute atomic E-state index is 12.5. The zero-order chi connectivity index (χ0) is 35.8. The van der Waals surface area contributed by atoms with E-state index in [1.807, 2.05) is 13.8 Å². The smallest absolute Gasteiger partial charge is 0.446 e. The Hall–Kier alpha value is -1.28. The highest BCUT2D eigenvalue weighted by Crippen LogP contribution is 2.66. The second-order valence-electron chi connectivity index (χ2n) is 11.4. The van der Waals surface area contributed by atoms with Crippen LogP contribution in [0.15, 0.2) is 27.9 Å². The lowest BCUT2D eigenvalue weighted by Gasteiger charge is -2.25. The quantitative estimate of drug-likeness (QED) is 0.0459. The van der Waals surface area contributed by atoms with E-state index in [4.69, 9.17) is 28.5 Å². The van der Waals surface area contributed by atoms with E-state index in [1.54, 1.807) is 0 Å². The monoisotopic (exact) mass is 783 g/mol. The molecule has 274 valence electrons. The minimum absolute atomic E-state index is 0.00517. The summed E-state index contributed by atoms with van der Waals surface area (Å²) in [7, 11) is -14.1. The van der Waals surface area contributed by atoms with Crippen molar-refractivity contribution >= 4 is 51.1 Å². The summed E-state index contributed by atoms with van der Waals surface area (Å²) in [5, 5.41) is 2.79. The number of amides is 1. The number of aromatic amines is 1. The van der Waals surface area contributed by atoms with E-state index in [-0.39, 0.29) is 30.6 Å². The van der Waals surface area contributed by atoms with E-state index in [9.17, 15) is 37.9 Å². The Balaban J connectivity index is 1.57. The van der Waals surface area contributed by atoms with Crippen LogP contribution in [0.4, 0.5) is 4.79 Å². The van der Waals surface area contributed by atoms with Crippen molar-refractivity contribution in [3.05, 3.63) is 44.8 Å². The zero-order valence-electron chi connectivity index (χ0n) is 26.2. The molecule has 2 aliphatic rings. The molecule has 6 atom stereocenters. The summed E-state index contributed by atoms with van der Waals surface area (Å²) in [5.74, 6) is 0.0280. The van der Waals surface area contributed by atoms with Crippen molar-refractivity contribution in [3.8, 4) is 0 Å². The number of nitrogens with zero attached hydrogens (tertiary/aromatic N) is 1. The Labute approximate surface area is 283 Å². The summed E-state index contributed by atoms with van der Waals surface area (Å²) in [4.78, 5) is 75.6. The molecule has 1 amide bonds. The summed E-state index contributed by atoms with van der Waals surface area (Å²) in [6.07, 6.45) is 6.03. The first-order chi connectivity index (χ1) is 22.2. The number of aromatic nitrogens is 2. The lowest BCUT2D eigenvalue weighted by molar-refractivity contribution is -0.0543. The second kappa shape index (κ2) is 17.8. The molecule has 1 aromatic rings. The van der Waals surface area contributed by atoms with Gasteiger partial charge in [0.2, 0.25) is 0 Å². The lowest BCUT2D eigenvalue weighted by Crippen LogP contribution is -2.38. The number of alkyl carbamates (subject to hydrolysis) is 1. The van der Waals surface area contributed by atoms with E-state index in [1.165, 1.54) is 34.7 Å². The van der Waals surface area contributed by atoms with Crippen LogP contribution in [0.5, 0.6) is 0 Å². The average Bonchev–Trinajstić information content (AvgIpc) is 3.33. The van der Waals surface area contributed by atoms with Crippen LogP contribution in [0.25, 0.3) is 0 Å². The Kier molecular flexibility index (Phi) is 15.2. The number of allylic oxidation sites excluding steroid dienone is 2. The van der Waals surface area contributed by atoms with Crippen molar-refractivity contribution in [2.45, 2.75) is 88.6 Å². The van der Waals surface area contributed by atoms with Crippen LogP contribution in [-0.2, 0) is 41.1 Å². The van der Waals surface area contributed by atoms with Crippen LogP contribution in [-0.4, -0.2) is 77.4 Å². The summed E-state index contributed by atoms with van der Waals surface area (Å²) in [6.45, 7) is 4.73. The van der Waals surface area contributed by atoms with Gasteiger partial charge in [0.15, 0.2) is 0 Å². The van der Waals surface area contributed by atoms with Gasteiger partial charge in [0.25, 0.3) is 5.56 Å². The number of phosphoric ester groups is 1. The van der Waals surface area contributed by atoms with Gasteiger partial charge >= 0.3 is 35.3 Å². The zero-order valence-corrected chi connectivity index (χ0v) is 30.5. The van der Waals surface area contributed by atoms with Crippen molar-refractivity contribution in [3.63, 3.8) is 0 Å². The first kappa shape index (κ1) is 41.1. The van der Waals surface area contributed by atoms with Crippen LogP contribution in [0.3, 0.4) is 0 Å². The summed E-state index contributed by atoms with van der Waals surface area (Å²) >= 11 is 0.